The van der Waals surface area contributed by atoms with E-state index in [2.05, 4.69) is 12.1 Å². The molecule has 1 aromatic rings. The van der Waals surface area contributed by atoms with Crippen LogP contribution in [0.4, 0.5) is 0 Å². The molecule has 2 unspecified atom stereocenters. The summed E-state index contributed by atoms with van der Waals surface area (Å²) in [5.41, 5.74) is 8.54. The second-order valence-corrected chi connectivity index (χ2v) is 5.69. The first-order chi connectivity index (χ1) is 8.65. The number of nitrogens with two attached hydrogens (primary N) is 1. The Kier molecular flexibility index (Phi) is 5.04. The van der Waals surface area contributed by atoms with E-state index in [1.807, 2.05) is 13.0 Å². The highest BCUT2D eigenvalue weighted by Crippen LogP contribution is 2.22. The van der Waals surface area contributed by atoms with Gasteiger partial charge in [-0.3, -0.25) is 0 Å². The molecule has 0 saturated carbocycles. The number of hydrogen-bond donors (Lipinski definition) is 1. The maximum atomic E-state index is 6.23. The van der Waals surface area contributed by atoms with E-state index in [0.717, 1.165) is 36.5 Å². The Balaban J connectivity index is 1.87. The van der Waals surface area contributed by atoms with Crippen LogP contribution in [0.3, 0.4) is 0 Å². The Morgan fingerprint density at radius 1 is 1.44 bits per heavy atom. The van der Waals surface area contributed by atoms with E-state index in [1.165, 1.54) is 18.4 Å². The molecular formula is C15H22ClNO. The number of rotatable bonds is 4. The number of halogens is 1. The Morgan fingerprint density at radius 3 is 2.94 bits per heavy atom. The first-order valence-corrected chi connectivity index (χ1v) is 7.15. The van der Waals surface area contributed by atoms with E-state index < -0.39 is 0 Å². The molecule has 2 rings (SSSR count). The van der Waals surface area contributed by atoms with E-state index >= 15 is 0 Å². The molecule has 2 nitrogen and oxygen atoms in total. The summed E-state index contributed by atoms with van der Waals surface area (Å²) in [5, 5.41) is 0.829. The van der Waals surface area contributed by atoms with E-state index in [4.69, 9.17) is 22.1 Å². The van der Waals surface area contributed by atoms with Gasteiger partial charge in [0.1, 0.15) is 0 Å². The fourth-order valence-electron chi connectivity index (χ4n) is 2.51. The Hall–Kier alpha value is -0.570. The van der Waals surface area contributed by atoms with E-state index in [-0.39, 0.29) is 6.04 Å². The fourth-order valence-corrected chi connectivity index (χ4v) is 2.83. The molecule has 0 aromatic heterocycles. The van der Waals surface area contributed by atoms with Crippen LogP contribution in [0.5, 0.6) is 0 Å². The van der Waals surface area contributed by atoms with E-state index in [1.54, 1.807) is 0 Å². The molecule has 1 fully saturated rings. The van der Waals surface area contributed by atoms with Crippen LogP contribution >= 0.6 is 11.6 Å². The van der Waals surface area contributed by atoms with Gasteiger partial charge < -0.3 is 10.5 Å². The summed E-state index contributed by atoms with van der Waals surface area (Å²) in [7, 11) is 0. The maximum Gasteiger partial charge on any atom is 0.0590 e. The van der Waals surface area contributed by atoms with Crippen LogP contribution in [0, 0.1) is 6.92 Å². The monoisotopic (exact) mass is 267 g/mol. The molecule has 18 heavy (non-hydrogen) atoms. The highest BCUT2D eigenvalue weighted by molar-refractivity contribution is 6.31. The molecule has 0 aliphatic carbocycles. The molecule has 1 saturated heterocycles. The number of hydrogen-bond acceptors (Lipinski definition) is 2. The van der Waals surface area contributed by atoms with Gasteiger partial charge in [0.05, 0.1) is 6.10 Å². The van der Waals surface area contributed by atoms with Crippen molar-refractivity contribution >= 4 is 11.6 Å². The third kappa shape index (κ3) is 3.98. The van der Waals surface area contributed by atoms with E-state index in [9.17, 15) is 0 Å². The highest BCUT2D eigenvalue weighted by atomic mass is 35.5. The summed E-state index contributed by atoms with van der Waals surface area (Å²) in [4.78, 5) is 0. The molecule has 2 N–H and O–H groups in total. The van der Waals surface area contributed by atoms with Crippen LogP contribution < -0.4 is 5.73 Å². The van der Waals surface area contributed by atoms with Gasteiger partial charge in [0.15, 0.2) is 0 Å². The zero-order chi connectivity index (χ0) is 13.0. The maximum absolute atomic E-state index is 6.23. The fraction of sp³-hybridized carbons (Fsp3) is 0.600. The van der Waals surface area contributed by atoms with Crippen molar-refractivity contribution < 1.29 is 4.74 Å². The predicted octanol–water partition coefficient (Wildman–Crippen LogP) is 3.48. The second kappa shape index (κ2) is 6.55. The standard InChI is InChI=1S/C15H22ClNO/c1-11-5-6-12(15(16)8-11)9-13(17)10-14-4-2-3-7-18-14/h5-6,8,13-14H,2-4,7,9-10,17H2,1H3. The van der Waals surface area contributed by atoms with Crippen LogP contribution in [0.2, 0.25) is 5.02 Å². The largest absolute Gasteiger partial charge is 0.378 e. The van der Waals surface area contributed by atoms with Gasteiger partial charge >= 0.3 is 0 Å². The van der Waals surface area contributed by atoms with Gasteiger partial charge in [0, 0.05) is 17.7 Å². The van der Waals surface area contributed by atoms with Crippen molar-refractivity contribution in [1.82, 2.24) is 0 Å². The highest BCUT2D eigenvalue weighted by Gasteiger charge is 2.18. The molecule has 1 aliphatic heterocycles. The van der Waals surface area contributed by atoms with Crippen LogP contribution in [0.25, 0.3) is 0 Å². The van der Waals surface area contributed by atoms with Gasteiger partial charge in [0.2, 0.25) is 0 Å². The molecule has 100 valence electrons. The van der Waals surface area contributed by atoms with Crippen molar-refractivity contribution in [2.75, 3.05) is 6.61 Å². The van der Waals surface area contributed by atoms with Gasteiger partial charge in [-0.1, -0.05) is 23.7 Å². The summed E-state index contributed by atoms with van der Waals surface area (Å²) >= 11 is 6.23. The van der Waals surface area contributed by atoms with Crippen molar-refractivity contribution in [3.63, 3.8) is 0 Å². The summed E-state index contributed by atoms with van der Waals surface area (Å²) < 4.78 is 5.72. The lowest BCUT2D eigenvalue weighted by Gasteiger charge is -2.25. The molecular weight excluding hydrogens is 246 g/mol. The SMILES string of the molecule is Cc1ccc(CC(N)CC2CCCCO2)c(Cl)c1. The third-order valence-corrected chi connectivity index (χ3v) is 3.88. The quantitative estimate of drug-likeness (QED) is 0.907. The molecule has 0 spiro atoms. The van der Waals surface area contributed by atoms with E-state index in [0.29, 0.717) is 6.10 Å². The zero-order valence-corrected chi connectivity index (χ0v) is 11.7. The molecule has 0 radical (unpaired) electrons. The van der Waals surface area contributed by atoms with Crippen molar-refractivity contribution in [3.05, 3.63) is 34.3 Å². The average Bonchev–Trinajstić information content (AvgIpc) is 2.34. The first-order valence-electron chi connectivity index (χ1n) is 6.77. The Bertz CT molecular complexity index is 388. The summed E-state index contributed by atoms with van der Waals surface area (Å²) in [6.45, 7) is 2.94. The summed E-state index contributed by atoms with van der Waals surface area (Å²) in [6, 6.07) is 6.30. The van der Waals surface area contributed by atoms with Gasteiger partial charge in [0.25, 0.3) is 0 Å². The van der Waals surface area contributed by atoms with Gasteiger partial charge in [-0.05, 0) is 56.2 Å². The minimum Gasteiger partial charge on any atom is -0.378 e. The van der Waals surface area contributed by atoms with Crippen LogP contribution in [-0.4, -0.2) is 18.8 Å². The van der Waals surface area contributed by atoms with Crippen molar-refractivity contribution in [1.29, 1.82) is 0 Å². The van der Waals surface area contributed by atoms with Crippen molar-refractivity contribution in [2.24, 2.45) is 5.73 Å². The molecule has 0 amide bonds. The van der Waals surface area contributed by atoms with Gasteiger partial charge in [-0.25, -0.2) is 0 Å². The lowest BCUT2D eigenvalue weighted by Crippen LogP contribution is -2.31. The molecule has 3 heteroatoms. The lowest BCUT2D eigenvalue weighted by atomic mass is 9.97. The molecule has 2 atom stereocenters. The summed E-state index contributed by atoms with van der Waals surface area (Å²) in [5.74, 6) is 0. The molecule has 0 bridgehead atoms. The first kappa shape index (κ1) is 13.9. The average molecular weight is 268 g/mol. The zero-order valence-electron chi connectivity index (χ0n) is 11.0. The van der Waals surface area contributed by atoms with Crippen LogP contribution in [0.1, 0.15) is 36.8 Å². The minimum atomic E-state index is 0.133. The molecule has 1 aliphatic rings. The van der Waals surface area contributed by atoms with Crippen LogP contribution in [0.15, 0.2) is 18.2 Å². The Labute approximate surface area is 114 Å². The van der Waals surface area contributed by atoms with Gasteiger partial charge in [-0.15, -0.1) is 0 Å². The number of ether oxygens (including phenoxy) is 1. The minimum absolute atomic E-state index is 0.133. The van der Waals surface area contributed by atoms with Crippen LogP contribution in [-0.2, 0) is 11.2 Å². The predicted molar refractivity (Wildman–Crippen MR) is 76.1 cm³/mol. The normalized spacial score (nSPS) is 21.8. The number of benzene rings is 1. The van der Waals surface area contributed by atoms with Crippen molar-refractivity contribution in [3.8, 4) is 0 Å². The summed E-state index contributed by atoms with van der Waals surface area (Å²) in [6.07, 6.45) is 5.72. The van der Waals surface area contributed by atoms with Gasteiger partial charge in [-0.2, -0.15) is 0 Å². The van der Waals surface area contributed by atoms with Crippen molar-refractivity contribution in [2.45, 2.75) is 51.2 Å². The topological polar surface area (TPSA) is 35.2 Å². The number of aryl methyl sites for hydroxylation is 1. The smallest absolute Gasteiger partial charge is 0.0590 e. The second-order valence-electron chi connectivity index (χ2n) is 5.28. The Morgan fingerprint density at radius 2 is 2.28 bits per heavy atom. The lowest BCUT2D eigenvalue weighted by molar-refractivity contribution is 0.00747. The third-order valence-electron chi connectivity index (χ3n) is 3.53. The molecule has 1 heterocycles. The molecule has 1 aromatic carbocycles.